The third-order valence-electron chi connectivity index (χ3n) is 2.83. The highest BCUT2D eigenvalue weighted by Crippen LogP contribution is 2.17. The number of benzene rings is 2. The van der Waals surface area contributed by atoms with E-state index in [1.165, 1.54) is 18.2 Å². The summed E-state index contributed by atoms with van der Waals surface area (Å²) in [5, 5.41) is 2.47. The number of hydrogen-bond acceptors (Lipinski definition) is 3. The summed E-state index contributed by atoms with van der Waals surface area (Å²) in [5.74, 6) is -2.18. The highest BCUT2D eigenvalue weighted by molar-refractivity contribution is 7.92. The van der Waals surface area contributed by atoms with Crippen molar-refractivity contribution < 1.29 is 22.0 Å². The lowest BCUT2D eigenvalue weighted by Crippen LogP contribution is -2.11. The zero-order chi connectivity index (χ0) is 17.7. The molecular formula is C16H14F2N2O3S. The number of nitrogens with one attached hydrogen (secondary N) is 2. The van der Waals surface area contributed by atoms with Crippen molar-refractivity contribution in [2.75, 3.05) is 16.3 Å². The summed E-state index contributed by atoms with van der Waals surface area (Å²) in [5.41, 5.74) is 0.284. The molecule has 0 fully saturated rings. The van der Waals surface area contributed by atoms with Crippen LogP contribution in [0.4, 0.5) is 20.2 Å². The smallest absolute Gasteiger partial charge is 0.248 e. The summed E-state index contributed by atoms with van der Waals surface area (Å²) in [4.78, 5) is 11.8. The van der Waals surface area contributed by atoms with E-state index in [1.807, 2.05) is 0 Å². The Morgan fingerprint density at radius 1 is 1.04 bits per heavy atom. The average Bonchev–Trinajstić information content (AvgIpc) is 2.45. The van der Waals surface area contributed by atoms with E-state index < -0.39 is 27.6 Å². The fourth-order valence-electron chi connectivity index (χ4n) is 1.89. The monoisotopic (exact) mass is 352 g/mol. The molecule has 1 amide bonds. The normalized spacial score (nSPS) is 11.5. The first-order valence-corrected chi connectivity index (χ1v) is 8.65. The quantitative estimate of drug-likeness (QED) is 0.813. The number of halogens is 2. The van der Waals surface area contributed by atoms with Gasteiger partial charge in [-0.3, -0.25) is 9.52 Å². The van der Waals surface area contributed by atoms with E-state index in [1.54, 1.807) is 12.1 Å². The Morgan fingerprint density at radius 3 is 2.25 bits per heavy atom. The van der Waals surface area contributed by atoms with Crippen LogP contribution in [0.15, 0.2) is 48.5 Å². The molecule has 0 aliphatic heterocycles. The van der Waals surface area contributed by atoms with Gasteiger partial charge in [-0.1, -0.05) is 12.1 Å². The summed E-state index contributed by atoms with van der Waals surface area (Å²) in [6, 6.07) is 9.41. The van der Waals surface area contributed by atoms with Crippen LogP contribution in [-0.4, -0.2) is 20.6 Å². The number of rotatable bonds is 5. The van der Waals surface area contributed by atoms with Gasteiger partial charge in [-0.05, 0) is 36.4 Å². The Hall–Kier alpha value is -2.74. The second-order valence-corrected chi connectivity index (χ2v) is 6.66. The third kappa shape index (κ3) is 5.17. The van der Waals surface area contributed by atoms with Gasteiger partial charge in [0.15, 0.2) is 0 Å². The van der Waals surface area contributed by atoms with Gasteiger partial charge in [0.05, 0.1) is 11.9 Å². The predicted molar refractivity (Wildman–Crippen MR) is 88.9 cm³/mol. The van der Waals surface area contributed by atoms with Crippen molar-refractivity contribution in [2.45, 2.75) is 0 Å². The van der Waals surface area contributed by atoms with Gasteiger partial charge in [0.2, 0.25) is 15.9 Å². The average molecular weight is 352 g/mol. The highest BCUT2D eigenvalue weighted by Gasteiger charge is 2.06. The largest absolute Gasteiger partial charge is 0.322 e. The van der Waals surface area contributed by atoms with E-state index >= 15 is 0 Å². The summed E-state index contributed by atoms with van der Waals surface area (Å²) < 4.78 is 51.5. The highest BCUT2D eigenvalue weighted by atomic mass is 32.2. The summed E-state index contributed by atoms with van der Waals surface area (Å²) in [6.45, 7) is 0. The van der Waals surface area contributed by atoms with Crippen LogP contribution in [0.1, 0.15) is 5.56 Å². The Balaban J connectivity index is 2.10. The minimum Gasteiger partial charge on any atom is -0.322 e. The van der Waals surface area contributed by atoms with Crippen molar-refractivity contribution in [2.24, 2.45) is 0 Å². The van der Waals surface area contributed by atoms with Gasteiger partial charge >= 0.3 is 0 Å². The van der Waals surface area contributed by atoms with Crippen LogP contribution >= 0.6 is 0 Å². The summed E-state index contributed by atoms with van der Waals surface area (Å²) >= 11 is 0. The lowest BCUT2D eigenvalue weighted by Gasteiger charge is -2.07. The zero-order valence-corrected chi connectivity index (χ0v) is 13.4. The molecule has 5 nitrogen and oxygen atoms in total. The van der Waals surface area contributed by atoms with E-state index in [-0.39, 0.29) is 11.3 Å². The van der Waals surface area contributed by atoms with Crippen LogP contribution in [0.5, 0.6) is 0 Å². The van der Waals surface area contributed by atoms with Crippen LogP contribution in [0.25, 0.3) is 6.08 Å². The number of carbonyl (C=O) groups excluding carboxylic acids is 1. The van der Waals surface area contributed by atoms with E-state index in [2.05, 4.69) is 10.0 Å². The molecule has 2 aromatic rings. The molecule has 0 saturated carbocycles. The van der Waals surface area contributed by atoms with Crippen LogP contribution in [0.3, 0.4) is 0 Å². The molecule has 2 rings (SSSR count). The van der Waals surface area contributed by atoms with Gasteiger partial charge in [0, 0.05) is 17.3 Å². The van der Waals surface area contributed by atoms with Crippen molar-refractivity contribution in [3.05, 3.63) is 65.7 Å². The maximum absolute atomic E-state index is 13.5. The summed E-state index contributed by atoms with van der Waals surface area (Å²) in [7, 11) is -3.44. The molecule has 2 N–H and O–H groups in total. The van der Waals surface area contributed by atoms with E-state index in [9.17, 15) is 22.0 Å². The molecule has 0 spiro atoms. The van der Waals surface area contributed by atoms with Gasteiger partial charge in [-0.25, -0.2) is 17.2 Å². The van der Waals surface area contributed by atoms with Crippen molar-refractivity contribution >= 4 is 33.4 Å². The molecular weight excluding hydrogens is 338 g/mol. The SMILES string of the molecule is CS(=O)(=O)Nc1cccc(NC(=O)/C=C/c2c(F)cccc2F)c1. The molecule has 0 aromatic heterocycles. The molecule has 0 saturated heterocycles. The van der Waals surface area contributed by atoms with Crippen molar-refractivity contribution in [3.63, 3.8) is 0 Å². The molecule has 0 radical (unpaired) electrons. The van der Waals surface area contributed by atoms with Gasteiger partial charge in [-0.2, -0.15) is 0 Å². The number of sulfonamides is 1. The molecule has 0 unspecified atom stereocenters. The zero-order valence-electron chi connectivity index (χ0n) is 12.6. The molecule has 0 aliphatic rings. The second-order valence-electron chi connectivity index (χ2n) is 4.91. The maximum atomic E-state index is 13.5. The van der Waals surface area contributed by atoms with E-state index in [0.29, 0.717) is 5.69 Å². The van der Waals surface area contributed by atoms with Crippen LogP contribution in [0, 0.1) is 11.6 Å². The molecule has 0 heterocycles. The Kier molecular flexibility index (Phi) is 5.30. The molecule has 0 bridgehead atoms. The fraction of sp³-hybridized carbons (Fsp3) is 0.0625. The first-order chi connectivity index (χ1) is 11.2. The molecule has 24 heavy (non-hydrogen) atoms. The standard InChI is InChI=1S/C16H14F2N2O3S/c1-24(22,23)20-12-5-2-4-11(10-12)19-16(21)9-8-13-14(17)6-3-7-15(13)18/h2-10,20H,1H3,(H,19,21)/b9-8+. The van der Waals surface area contributed by atoms with Gasteiger partial charge in [-0.15, -0.1) is 0 Å². The Bertz CT molecular complexity index is 876. The minimum absolute atomic E-state index is 0.277. The van der Waals surface area contributed by atoms with E-state index in [4.69, 9.17) is 0 Å². The Labute approximate surface area is 138 Å². The number of anilines is 2. The van der Waals surface area contributed by atoms with Crippen LogP contribution in [-0.2, 0) is 14.8 Å². The molecule has 0 aliphatic carbocycles. The molecule has 126 valence electrons. The third-order valence-corrected chi connectivity index (χ3v) is 3.44. The number of hydrogen-bond donors (Lipinski definition) is 2. The van der Waals surface area contributed by atoms with Crippen molar-refractivity contribution in [1.82, 2.24) is 0 Å². The van der Waals surface area contributed by atoms with E-state index in [0.717, 1.165) is 30.5 Å². The van der Waals surface area contributed by atoms with Gasteiger partial charge in [0.1, 0.15) is 11.6 Å². The number of amides is 1. The first-order valence-electron chi connectivity index (χ1n) is 6.75. The lowest BCUT2D eigenvalue weighted by molar-refractivity contribution is -0.111. The van der Waals surface area contributed by atoms with Crippen molar-refractivity contribution in [1.29, 1.82) is 0 Å². The first kappa shape index (κ1) is 17.6. The van der Waals surface area contributed by atoms with Gasteiger partial charge in [0.25, 0.3) is 0 Å². The molecule has 0 atom stereocenters. The predicted octanol–water partition coefficient (Wildman–Crippen LogP) is 2.99. The minimum atomic E-state index is -3.44. The molecule has 2 aromatic carbocycles. The lowest BCUT2D eigenvalue weighted by atomic mass is 10.2. The van der Waals surface area contributed by atoms with Crippen molar-refractivity contribution in [3.8, 4) is 0 Å². The topological polar surface area (TPSA) is 75.3 Å². The maximum Gasteiger partial charge on any atom is 0.248 e. The number of carbonyl (C=O) groups is 1. The van der Waals surface area contributed by atoms with Crippen LogP contribution < -0.4 is 10.0 Å². The fourth-order valence-corrected chi connectivity index (χ4v) is 2.44. The van der Waals surface area contributed by atoms with Gasteiger partial charge < -0.3 is 5.32 Å². The second kappa shape index (κ2) is 7.22. The summed E-state index contributed by atoms with van der Waals surface area (Å²) in [6.07, 6.45) is 3.01. The molecule has 8 heteroatoms. The Morgan fingerprint density at radius 2 is 1.62 bits per heavy atom. The van der Waals surface area contributed by atoms with Crippen LogP contribution in [0.2, 0.25) is 0 Å².